The molecular weight excluding hydrogens is 376 g/mol. The standard InChI is InChI=1S/C18H17ClN2O4S/c1-25-15-6-7-17-13(9-15)8-14(18(22)21-17)10-20-26(23,24)11-12-4-2-3-5-16(12)19/h2-9,20H,10-11H2,1H3,(H,21,22). The van der Waals surface area contributed by atoms with Crippen molar-refractivity contribution in [1.29, 1.82) is 0 Å². The smallest absolute Gasteiger partial charge is 0.252 e. The molecule has 1 heterocycles. The minimum atomic E-state index is -3.65. The van der Waals surface area contributed by atoms with Crippen LogP contribution >= 0.6 is 11.6 Å². The highest BCUT2D eigenvalue weighted by Gasteiger charge is 2.14. The van der Waals surface area contributed by atoms with E-state index in [-0.39, 0.29) is 17.9 Å². The average Bonchev–Trinajstić information content (AvgIpc) is 2.61. The van der Waals surface area contributed by atoms with E-state index in [2.05, 4.69) is 9.71 Å². The number of hydrogen-bond donors (Lipinski definition) is 2. The van der Waals surface area contributed by atoms with Crippen LogP contribution < -0.4 is 15.0 Å². The summed E-state index contributed by atoms with van der Waals surface area (Å²) in [6.07, 6.45) is 0. The molecule has 0 bridgehead atoms. The van der Waals surface area contributed by atoms with Gasteiger partial charge in [-0.2, -0.15) is 0 Å². The number of methoxy groups -OCH3 is 1. The maximum Gasteiger partial charge on any atom is 0.252 e. The minimum absolute atomic E-state index is 0.116. The maximum atomic E-state index is 12.3. The number of halogens is 1. The first kappa shape index (κ1) is 18.4. The molecule has 0 aliphatic rings. The molecule has 3 aromatic rings. The Morgan fingerprint density at radius 2 is 1.88 bits per heavy atom. The van der Waals surface area contributed by atoms with E-state index < -0.39 is 10.0 Å². The van der Waals surface area contributed by atoms with E-state index >= 15 is 0 Å². The van der Waals surface area contributed by atoms with Crippen molar-refractivity contribution in [3.63, 3.8) is 0 Å². The van der Waals surface area contributed by atoms with E-state index in [1.54, 1.807) is 55.6 Å². The molecule has 26 heavy (non-hydrogen) atoms. The molecule has 8 heteroatoms. The molecule has 0 atom stereocenters. The zero-order valence-corrected chi connectivity index (χ0v) is 15.5. The number of pyridine rings is 1. The zero-order chi connectivity index (χ0) is 18.7. The number of ether oxygens (including phenoxy) is 1. The van der Waals surface area contributed by atoms with Gasteiger partial charge in [0.1, 0.15) is 5.75 Å². The van der Waals surface area contributed by atoms with Crippen LogP contribution in [-0.4, -0.2) is 20.5 Å². The highest BCUT2D eigenvalue weighted by Crippen LogP contribution is 2.19. The van der Waals surface area contributed by atoms with Gasteiger partial charge in [0.05, 0.1) is 12.9 Å². The maximum absolute atomic E-state index is 12.3. The molecule has 6 nitrogen and oxygen atoms in total. The SMILES string of the molecule is COc1ccc2[nH]c(=O)c(CNS(=O)(=O)Cc3ccccc3Cl)cc2c1. The van der Waals surface area contributed by atoms with E-state index in [9.17, 15) is 13.2 Å². The van der Waals surface area contributed by atoms with Gasteiger partial charge in [-0.25, -0.2) is 13.1 Å². The average molecular weight is 393 g/mol. The lowest BCUT2D eigenvalue weighted by molar-refractivity contribution is 0.415. The van der Waals surface area contributed by atoms with Crippen LogP contribution in [0.15, 0.2) is 53.3 Å². The van der Waals surface area contributed by atoms with Crippen LogP contribution in [0.2, 0.25) is 5.02 Å². The van der Waals surface area contributed by atoms with Gasteiger partial charge >= 0.3 is 0 Å². The molecule has 2 aromatic carbocycles. The molecule has 0 fully saturated rings. The van der Waals surface area contributed by atoms with E-state index in [4.69, 9.17) is 16.3 Å². The van der Waals surface area contributed by atoms with Gasteiger partial charge in [-0.05, 0) is 35.9 Å². The number of rotatable bonds is 6. The third kappa shape index (κ3) is 4.24. The predicted octanol–water partition coefficient (Wildman–Crippen LogP) is 2.81. The summed E-state index contributed by atoms with van der Waals surface area (Å²) in [6, 6.07) is 13.6. The Labute approximate surface area is 155 Å². The summed E-state index contributed by atoms with van der Waals surface area (Å²) in [5, 5.41) is 1.14. The van der Waals surface area contributed by atoms with Gasteiger partial charge < -0.3 is 9.72 Å². The van der Waals surface area contributed by atoms with E-state index in [0.717, 1.165) is 5.39 Å². The zero-order valence-electron chi connectivity index (χ0n) is 14.0. The van der Waals surface area contributed by atoms with Gasteiger partial charge in [0.2, 0.25) is 10.0 Å². The number of fused-ring (bicyclic) bond motifs is 1. The molecule has 0 aliphatic heterocycles. The lowest BCUT2D eigenvalue weighted by atomic mass is 10.1. The fourth-order valence-corrected chi connectivity index (χ4v) is 3.97. The van der Waals surface area contributed by atoms with Crippen LogP contribution in [0.1, 0.15) is 11.1 Å². The van der Waals surface area contributed by atoms with Crippen LogP contribution in [0.5, 0.6) is 5.75 Å². The van der Waals surface area contributed by atoms with Crippen molar-refractivity contribution in [3.05, 3.63) is 75.0 Å². The summed E-state index contributed by atoms with van der Waals surface area (Å²) in [4.78, 5) is 14.9. The minimum Gasteiger partial charge on any atom is -0.497 e. The Morgan fingerprint density at radius 3 is 2.62 bits per heavy atom. The molecule has 0 spiro atoms. The van der Waals surface area contributed by atoms with Crippen LogP contribution in [-0.2, 0) is 22.3 Å². The molecule has 2 N–H and O–H groups in total. The molecule has 1 aromatic heterocycles. The molecule has 3 rings (SSSR count). The van der Waals surface area contributed by atoms with Crippen LogP contribution in [0.3, 0.4) is 0 Å². The Kier molecular flexibility index (Phi) is 5.31. The number of aromatic nitrogens is 1. The lowest BCUT2D eigenvalue weighted by Gasteiger charge is -2.09. The van der Waals surface area contributed by atoms with Gasteiger partial charge in [-0.15, -0.1) is 0 Å². The van der Waals surface area contributed by atoms with Crippen molar-refractivity contribution in [1.82, 2.24) is 9.71 Å². The van der Waals surface area contributed by atoms with Crippen molar-refractivity contribution in [2.24, 2.45) is 0 Å². The second kappa shape index (κ2) is 7.49. The summed E-state index contributed by atoms with van der Waals surface area (Å²) in [7, 11) is -2.10. The summed E-state index contributed by atoms with van der Waals surface area (Å²) in [5.74, 6) is 0.390. The van der Waals surface area contributed by atoms with Gasteiger partial charge in [0.15, 0.2) is 0 Å². The number of nitrogens with one attached hydrogen (secondary N) is 2. The molecule has 0 radical (unpaired) electrons. The fourth-order valence-electron chi connectivity index (χ4n) is 2.55. The second-order valence-electron chi connectivity index (χ2n) is 5.75. The Balaban J connectivity index is 1.81. The largest absolute Gasteiger partial charge is 0.497 e. The normalized spacial score (nSPS) is 11.6. The Morgan fingerprint density at radius 1 is 1.12 bits per heavy atom. The number of aromatic amines is 1. The molecular formula is C18H17ClN2O4S. The third-order valence-corrected chi connectivity index (χ3v) is 5.56. The number of hydrogen-bond acceptors (Lipinski definition) is 4. The van der Waals surface area contributed by atoms with Crippen LogP contribution in [0.25, 0.3) is 10.9 Å². The molecule has 0 saturated heterocycles. The topological polar surface area (TPSA) is 88.3 Å². The van der Waals surface area contributed by atoms with Gasteiger partial charge in [0, 0.05) is 28.0 Å². The molecule has 0 amide bonds. The first-order chi connectivity index (χ1) is 12.4. The highest BCUT2D eigenvalue weighted by molar-refractivity contribution is 7.88. The quantitative estimate of drug-likeness (QED) is 0.675. The number of H-pyrrole nitrogens is 1. The molecule has 0 aliphatic carbocycles. The Bertz CT molecular complexity index is 1110. The van der Waals surface area contributed by atoms with Gasteiger partial charge in [0.25, 0.3) is 5.56 Å². The van der Waals surface area contributed by atoms with Gasteiger partial charge in [-0.1, -0.05) is 29.8 Å². The van der Waals surface area contributed by atoms with Crippen molar-refractivity contribution in [2.75, 3.05) is 7.11 Å². The third-order valence-electron chi connectivity index (χ3n) is 3.91. The van der Waals surface area contributed by atoms with Crippen LogP contribution in [0, 0.1) is 0 Å². The van der Waals surface area contributed by atoms with Crippen molar-refractivity contribution < 1.29 is 13.2 Å². The summed E-state index contributed by atoms with van der Waals surface area (Å²) >= 11 is 6.01. The first-order valence-corrected chi connectivity index (χ1v) is 9.82. The molecule has 0 saturated carbocycles. The lowest BCUT2D eigenvalue weighted by Crippen LogP contribution is -2.28. The first-order valence-electron chi connectivity index (χ1n) is 7.79. The van der Waals surface area contributed by atoms with Crippen molar-refractivity contribution >= 4 is 32.5 Å². The van der Waals surface area contributed by atoms with E-state index in [1.807, 2.05) is 0 Å². The predicted molar refractivity (Wildman–Crippen MR) is 102 cm³/mol. The van der Waals surface area contributed by atoms with Crippen LogP contribution in [0.4, 0.5) is 0 Å². The fraction of sp³-hybridized carbons (Fsp3) is 0.167. The van der Waals surface area contributed by atoms with E-state index in [0.29, 0.717) is 27.4 Å². The van der Waals surface area contributed by atoms with Crippen molar-refractivity contribution in [2.45, 2.75) is 12.3 Å². The summed E-state index contributed by atoms with van der Waals surface area (Å²) < 4.78 is 32.2. The summed E-state index contributed by atoms with van der Waals surface area (Å²) in [5.41, 5.74) is 1.12. The Hall–Kier alpha value is -2.35. The highest BCUT2D eigenvalue weighted by atomic mass is 35.5. The summed E-state index contributed by atoms with van der Waals surface area (Å²) in [6.45, 7) is -0.116. The number of benzene rings is 2. The molecule has 0 unspecified atom stereocenters. The second-order valence-corrected chi connectivity index (χ2v) is 7.96. The monoisotopic (exact) mass is 392 g/mol. The van der Waals surface area contributed by atoms with Crippen molar-refractivity contribution in [3.8, 4) is 5.75 Å². The number of sulfonamides is 1. The van der Waals surface area contributed by atoms with Gasteiger partial charge in [-0.3, -0.25) is 4.79 Å². The van der Waals surface area contributed by atoms with E-state index in [1.165, 1.54) is 0 Å². The molecule has 136 valence electrons.